The van der Waals surface area contributed by atoms with Crippen LogP contribution in [0.3, 0.4) is 0 Å². The molecule has 9 nitrogen and oxygen atoms in total. The number of fused-ring (bicyclic) bond motifs is 2. The molecule has 0 saturated heterocycles. The molecule has 3 aromatic rings. The molecule has 2 heterocycles. The molecule has 15 heteroatoms. The van der Waals surface area contributed by atoms with Crippen molar-refractivity contribution in [3.05, 3.63) is 79.3 Å². The molecule has 5 rings (SSSR count). The van der Waals surface area contributed by atoms with Crippen LogP contribution in [-0.2, 0) is 31.1 Å². The molecule has 0 atom stereocenters. The monoisotopic (exact) mass is 743 g/mol. The van der Waals surface area contributed by atoms with Gasteiger partial charge in [0, 0.05) is 52.3 Å². The molecule has 0 unspecified atom stereocenters. The molecule has 0 saturated carbocycles. The van der Waals surface area contributed by atoms with Gasteiger partial charge in [0.1, 0.15) is 4.70 Å². The number of hydrogen-bond acceptors (Lipinski definition) is 10. The number of nitrogens with one attached hydrogen (secondary N) is 1. The van der Waals surface area contributed by atoms with Gasteiger partial charge in [-0.1, -0.05) is 53.2 Å². The Labute approximate surface area is 288 Å². The van der Waals surface area contributed by atoms with Crippen LogP contribution < -0.4 is 14.9 Å². The lowest BCUT2D eigenvalue weighted by atomic mass is 9.88. The normalized spacial score (nSPS) is 17.5. The van der Waals surface area contributed by atoms with Crippen molar-refractivity contribution < 1.29 is 30.2 Å². The quantitative estimate of drug-likeness (QED) is 0.112. The van der Waals surface area contributed by atoms with Gasteiger partial charge >= 0.3 is 0 Å². The van der Waals surface area contributed by atoms with E-state index >= 15 is 0 Å². The highest BCUT2D eigenvalue weighted by molar-refractivity contribution is 8.03. The summed E-state index contributed by atoms with van der Waals surface area (Å²) in [6.45, 7) is 5.12. The van der Waals surface area contributed by atoms with E-state index in [9.17, 15) is 21.4 Å². The summed E-state index contributed by atoms with van der Waals surface area (Å²) in [5.74, 6) is -0.555. The fourth-order valence-corrected chi connectivity index (χ4v) is 9.47. The highest BCUT2D eigenvalue weighted by atomic mass is 35.5. The number of anilines is 1. The number of hydroxylamine groups is 1. The Kier molecular flexibility index (Phi) is 11.6. The molecule has 1 aliphatic carbocycles. The second-order valence-corrected chi connectivity index (χ2v) is 17.2. The second kappa shape index (κ2) is 15.1. The van der Waals surface area contributed by atoms with Gasteiger partial charge in [0.2, 0.25) is 5.52 Å². The summed E-state index contributed by atoms with van der Waals surface area (Å²) < 4.78 is 66.4. The van der Waals surface area contributed by atoms with Crippen molar-refractivity contribution in [2.45, 2.75) is 57.4 Å². The Morgan fingerprint density at radius 2 is 1.80 bits per heavy atom. The lowest BCUT2D eigenvalue weighted by Gasteiger charge is -2.23. The van der Waals surface area contributed by atoms with Crippen molar-refractivity contribution in [2.24, 2.45) is 0 Å². The zero-order valence-corrected chi connectivity index (χ0v) is 30.2. The van der Waals surface area contributed by atoms with Gasteiger partial charge in [-0.15, -0.1) is 0 Å². The topological polar surface area (TPSA) is 120 Å². The van der Waals surface area contributed by atoms with E-state index < -0.39 is 26.0 Å². The molecular weight excluding hydrogens is 710 g/mol. The van der Waals surface area contributed by atoms with E-state index in [2.05, 4.69) is 29.5 Å². The van der Waals surface area contributed by atoms with Crippen molar-refractivity contribution in [3.63, 3.8) is 0 Å². The molecule has 1 aliphatic heterocycles. The van der Waals surface area contributed by atoms with Gasteiger partial charge in [-0.25, -0.2) is 8.42 Å². The number of aromatic nitrogens is 1. The molecule has 2 aromatic carbocycles. The summed E-state index contributed by atoms with van der Waals surface area (Å²) in [6.07, 6.45) is 7.67. The van der Waals surface area contributed by atoms with E-state index in [0.717, 1.165) is 50.1 Å². The molecule has 1 aromatic heterocycles. The smallest absolute Gasteiger partial charge is 0.283 e. The second-order valence-electron chi connectivity index (χ2n) is 11.0. The third kappa shape index (κ3) is 8.94. The molecule has 0 radical (unpaired) electrons. The first-order valence-corrected chi connectivity index (χ1v) is 20.4. The average molecular weight is 745 g/mol. The summed E-state index contributed by atoms with van der Waals surface area (Å²) in [5, 5.41) is 3.16. The van der Waals surface area contributed by atoms with Crippen molar-refractivity contribution in [3.8, 4) is 0 Å². The van der Waals surface area contributed by atoms with E-state index in [1.54, 1.807) is 30.0 Å². The highest BCUT2D eigenvalue weighted by Crippen LogP contribution is 2.48. The summed E-state index contributed by atoms with van der Waals surface area (Å²) >= 11 is 15.9. The van der Waals surface area contributed by atoms with Gasteiger partial charge in [-0.2, -0.15) is 22.7 Å². The zero-order valence-electron chi connectivity index (χ0n) is 25.4. The third-order valence-electron chi connectivity index (χ3n) is 7.72. The van der Waals surface area contributed by atoms with E-state index in [4.69, 9.17) is 27.5 Å². The van der Waals surface area contributed by atoms with Crippen molar-refractivity contribution in [2.75, 3.05) is 29.5 Å². The van der Waals surface area contributed by atoms with Crippen LogP contribution in [0.5, 0.6) is 0 Å². The fraction of sp³-hybridized carbons (Fsp3) is 0.387. The third-order valence-corrected chi connectivity index (χ3v) is 12.4. The molecule has 46 heavy (non-hydrogen) atoms. The summed E-state index contributed by atoms with van der Waals surface area (Å²) in [6, 6.07) is 11.4. The van der Waals surface area contributed by atoms with Gasteiger partial charge in [0.25, 0.3) is 15.1 Å². The number of rotatable bonds is 13. The number of benzene rings is 2. The molecule has 0 spiro atoms. The first-order chi connectivity index (χ1) is 21.8. The molecule has 248 valence electrons. The standard InChI is InChI=1S/C31H35Cl2N3O6S4/c1-3-34-42-46(40,41)16-6-14-36-27-20-25(33)10-12-29(27)44-31(36)18-23-8-4-7-22(21(23)2)17-30-35(13-5-15-45(37,38)39)26-19-24(32)9-11-28(26)43-30/h9-12,17-20,34H,3-8,13-16H2,1-2H3. The molecule has 0 bridgehead atoms. The Balaban J connectivity index is 1.46. The van der Waals surface area contributed by atoms with Crippen LogP contribution in [0.25, 0.3) is 16.3 Å². The van der Waals surface area contributed by atoms with Gasteiger partial charge in [-0.3, -0.25) is 0 Å². The Morgan fingerprint density at radius 3 is 2.57 bits per heavy atom. The minimum absolute atomic E-state index is 0.125. The van der Waals surface area contributed by atoms with Crippen molar-refractivity contribution >= 4 is 88.5 Å². The number of halogens is 2. The van der Waals surface area contributed by atoms with Crippen LogP contribution in [0.4, 0.5) is 5.69 Å². The molecule has 0 fully saturated rings. The lowest BCUT2D eigenvalue weighted by molar-refractivity contribution is -0.668. The van der Waals surface area contributed by atoms with E-state index in [0.29, 0.717) is 36.1 Å². The number of hydrogen-bond donors (Lipinski definition) is 1. The van der Waals surface area contributed by atoms with Gasteiger partial charge in [0.05, 0.1) is 26.6 Å². The first-order valence-electron chi connectivity index (χ1n) is 14.9. The first kappa shape index (κ1) is 35.4. The largest absolute Gasteiger partial charge is 0.748 e. The van der Waals surface area contributed by atoms with Crippen molar-refractivity contribution in [1.29, 1.82) is 0 Å². The minimum atomic E-state index is -4.32. The maximum atomic E-state index is 12.3. The van der Waals surface area contributed by atoms with Crippen LogP contribution in [0, 0.1) is 0 Å². The fourth-order valence-electron chi connectivity index (χ4n) is 5.52. The zero-order chi connectivity index (χ0) is 33.1. The number of thiazole rings is 1. The van der Waals surface area contributed by atoms with Crippen LogP contribution in [0.1, 0.15) is 51.0 Å². The van der Waals surface area contributed by atoms with Crippen LogP contribution in [-0.4, -0.2) is 46.0 Å². The summed E-state index contributed by atoms with van der Waals surface area (Å²) in [5.41, 5.74) is 7.81. The summed E-state index contributed by atoms with van der Waals surface area (Å²) in [4.78, 5) is 3.18. The molecule has 2 aliphatic rings. The number of thioether (sulfide) groups is 1. The number of aryl methyl sites for hydroxylation is 1. The Bertz CT molecular complexity index is 1940. The van der Waals surface area contributed by atoms with E-state index in [-0.39, 0.29) is 12.2 Å². The highest BCUT2D eigenvalue weighted by Gasteiger charge is 2.28. The van der Waals surface area contributed by atoms with E-state index in [1.807, 2.05) is 41.0 Å². The van der Waals surface area contributed by atoms with Gasteiger partial charge in [0.15, 0.2) is 6.54 Å². The lowest BCUT2D eigenvalue weighted by Crippen LogP contribution is -2.36. The summed E-state index contributed by atoms with van der Waals surface area (Å²) in [7, 11) is -8.02. The number of nitrogens with zero attached hydrogens (tertiary/aromatic N) is 2. The average Bonchev–Trinajstić information content (AvgIpc) is 3.49. The van der Waals surface area contributed by atoms with Crippen molar-refractivity contribution in [1.82, 2.24) is 5.48 Å². The van der Waals surface area contributed by atoms with Gasteiger partial charge in [-0.05, 0) is 85.7 Å². The van der Waals surface area contributed by atoms with Crippen LogP contribution in [0.2, 0.25) is 10.0 Å². The van der Waals surface area contributed by atoms with Crippen LogP contribution in [0.15, 0.2) is 69.1 Å². The Morgan fingerprint density at radius 1 is 1.04 bits per heavy atom. The van der Waals surface area contributed by atoms with E-state index in [1.165, 1.54) is 16.7 Å². The SMILES string of the molecule is CCNOS(=O)(=O)CCCN1/C(=C/C2=C(C)C(=C/c3sc4ccc(Cl)cc4[n+]3CCCS(=O)(=O)[O-])/CCC2)Sc2ccc(Cl)cc21. The predicted octanol–water partition coefficient (Wildman–Crippen LogP) is 7.03. The maximum Gasteiger partial charge on any atom is 0.283 e. The predicted molar refractivity (Wildman–Crippen MR) is 187 cm³/mol. The maximum absolute atomic E-state index is 12.3. The minimum Gasteiger partial charge on any atom is -0.748 e. The number of allylic oxidation sites excluding steroid dienone is 4. The van der Waals surface area contributed by atoms with Gasteiger partial charge < -0.3 is 9.45 Å². The molecule has 0 amide bonds. The molecular formula is C31H35Cl2N3O6S4. The Hall–Kier alpha value is -1.94. The molecule has 1 N–H and O–H groups in total. The van der Waals surface area contributed by atoms with Crippen LogP contribution >= 0.6 is 46.3 Å².